The maximum Gasteiger partial charge on any atom is 0.201 e. The maximum absolute atomic E-state index is 13.5. The van der Waals surface area contributed by atoms with Gasteiger partial charge in [0, 0.05) is 12.7 Å². The van der Waals surface area contributed by atoms with Crippen LogP contribution in [0.25, 0.3) is 11.0 Å². The van der Waals surface area contributed by atoms with Crippen molar-refractivity contribution in [3.63, 3.8) is 0 Å². The lowest BCUT2D eigenvalue weighted by atomic mass is 10.1. The number of benzene rings is 1. The molecule has 1 aliphatic heterocycles. The van der Waals surface area contributed by atoms with Gasteiger partial charge in [-0.3, -0.25) is 0 Å². The number of anilines is 1. The number of nitrogens with zero attached hydrogens (tertiary/aromatic N) is 2. The van der Waals surface area contributed by atoms with Gasteiger partial charge in [0.2, 0.25) is 5.95 Å². The smallest absolute Gasteiger partial charge is 0.201 e. The Labute approximate surface area is 112 Å². The van der Waals surface area contributed by atoms with Gasteiger partial charge < -0.3 is 15.0 Å². The Morgan fingerprint density at radius 3 is 3.00 bits per heavy atom. The molecular formula is C12H13BrFN3O. The van der Waals surface area contributed by atoms with Crippen LogP contribution in [0.3, 0.4) is 0 Å². The highest BCUT2D eigenvalue weighted by molar-refractivity contribution is 9.10. The molecule has 0 aliphatic carbocycles. The van der Waals surface area contributed by atoms with Crippen LogP contribution in [0.15, 0.2) is 16.6 Å². The predicted octanol–water partition coefficient (Wildman–Crippen LogP) is 2.87. The molecule has 96 valence electrons. The quantitative estimate of drug-likeness (QED) is 0.880. The molecule has 0 saturated carbocycles. The number of halogens is 2. The minimum atomic E-state index is -0.331. The van der Waals surface area contributed by atoms with Crippen molar-refractivity contribution in [2.75, 3.05) is 12.3 Å². The number of imidazole rings is 1. The van der Waals surface area contributed by atoms with Gasteiger partial charge in [0.15, 0.2) is 0 Å². The summed E-state index contributed by atoms with van der Waals surface area (Å²) >= 11 is 3.20. The topological polar surface area (TPSA) is 53.1 Å². The van der Waals surface area contributed by atoms with Gasteiger partial charge in [-0.1, -0.05) is 0 Å². The first-order valence-electron chi connectivity index (χ1n) is 5.82. The van der Waals surface area contributed by atoms with Crippen LogP contribution in [-0.2, 0) is 4.74 Å². The van der Waals surface area contributed by atoms with E-state index in [-0.39, 0.29) is 18.0 Å². The third-order valence-corrected chi connectivity index (χ3v) is 4.03. The molecule has 0 bridgehead atoms. The summed E-state index contributed by atoms with van der Waals surface area (Å²) in [6.07, 6.45) is 0.986. The van der Waals surface area contributed by atoms with Gasteiger partial charge in [0.1, 0.15) is 5.82 Å². The number of rotatable bonds is 1. The zero-order valence-corrected chi connectivity index (χ0v) is 11.4. The highest BCUT2D eigenvalue weighted by Crippen LogP contribution is 2.33. The summed E-state index contributed by atoms with van der Waals surface area (Å²) in [5.74, 6) is 0.0766. The predicted molar refractivity (Wildman–Crippen MR) is 70.9 cm³/mol. The maximum atomic E-state index is 13.5. The number of hydrogen-bond donors (Lipinski definition) is 1. The van der Waals surface area contributed by atoms with Crippen molar-refractivity contribution in [2.24, 2.45) is 0 Å². The van der Waals surface area contributed by atoms with Crippen molar-refractivity contribution in [3.8, 4) is 0 Å². The third-order valence-electron chi connectivity index (χ3n) is 3.43. The average Bonchev–Trinajstić information content (AvgIpc) is 2.83. The monoisotopic (exact) mass is 313 g/mol. The second kappa shape index (κ2) is 4.20. The molecule has 1 aromatic heterocycles. The first-order valence-corrected chi connectivity index (χ1v) is 6.61. The Morgan fingerprint density at radius 1 is 1.56 bits per heavy atom. The standard InChI is InChI=1S/C12H13BrFN3O/c1-6-10(2-3-18-6)17-11-4-7(13)8(14)5-9(11)16-12(17)15/h4-6,10H,2-3H2,1H3,(H2,15,16). The largest absolute Gasteiger partial charge is 0.376 e. The molecule has 2 unspecified atom stereocenters. The van der Waals surface area contributed by atoms with Crippen LogP contribution < -0.4 is 5.73 Å². The van der Waals surface area contributed by atoms with Crippen molar-refractivity contribution in [3.05, 3.63) is 22.4 Å². The zero-order valence-electron chi connectivity index (χ0n) is 9.86. The van der Waals surface area contributed by atoms with E-state index in [0.29, 0.717) is 22.5 Å². The molecule has 2 atom stereocenters. The lowest BCUT2D eigenvalue weighted by Crippen LogP contribution is -2.18. The molecule has 1 aromatic carbocycles. The molecule has 1 saturated heterocycles. The lowest BCUT2D eigenvalue weighted by Gasteiger charge is -2.18. The summed E-state index contributed by atoms with van der Waals surface area (Å²) in [4.78, 5) is 4.22. The number of ether oxygens (including phenoxy) is 1. The minimum Gasteiger partial charge on any atom is -0.376 e. The van der Waals surface area contributed by atoms with Gasteiger partial charge in [-0.05, 0) is 35.3 Å². The Kier molecular flexibility index (Phi) is 2.79. The summed E-state index contributed by atoms with van der Waals surface area (Å²) in [5, 5.41) is 0. The number of nitrogen functional groups attached to an aromatic ring is 1. The molecule has 0 amide bonds. The highest BCUT2D eigenvalue weighted by Gasteiger charge is 2.29. The van der Waals surface area contributed by atoms with Crippen LogP contribution in [0.5, 0.6) is 0 Å². The normalized spacial score (nSPS) is 23.9. The second-order valence-electron chi connectivity index (χ2n) is 4.53. The van der Waals surface area contributed by atoms with E-state index in [0.717, 1.165) is 11.9 Å². The van der Waals surface area contributed by atoms with E-state index in [1.165, 1.54) is 6.07 Å². The molecule has 1 fully saturated rings. The molecule has 4 nitrogen and oxygen atoms in total. The van der Waals surface area contributed by atoms with Crippen LogP contribution >= 0.6 is 15.9 Å². The minimum absolute atomic E-state index is 0.0912. The molecule has 2 heterocycles. The molecule has 18 heavy (non-hydrogen) atoms. The van der Waals surface area contributed by atoms with E-state index in [4.69, 9.17) is 10.5 Å². The van der Waals surface area contributed by atoms with Crippen LogP contribution in [-0.4, -0.2) is 22.3 Å². The van der Waals surface area contributed by atoms with E-state index in [9.17, 15) is 4.39 Å². The zero-order chi connectivity index (χ0) is 12.9. The van der Waals surface area contributed by atoms with Crippen LogP contribution in [0.2, 0.25) is 0 Å². The van der Waals surface area contributed by atoms with Crippen LogP contribution in [0.4, 0.5) is 10.3 Å². The van der Waals surface area contributed by atoms with Crippen molar-refractivity contribution >= 4 is 32.9 Å². The summed E-state index contributed by atoms with van der Waals surface area (Å²) in [6, 6.07) is 3.28. The summed E-state index contributed by atoms with van der Waals surface area (Å²) in [5.41, 5.74) is 7.37. The summed E-state index contributed by atoms with van der Waals surface area (Å²) in [7, 11) is 0. The van der Waals surface area contributed by atoms with E-state index in [1.54, 1.807) is 6.07 Å². The molecule has 2 aromatic rings. The number of nitrogens with two attached hydrogens (primary N) is 1. The first-order chi connectivity index (χ1) is 8.58. The third kappa shape index (κ3) is 1.71. The fourth-order valence-electron chi connectivity index (χ4n) is 2.52. The summed E-state index contributed by atoms with van der Waals surface area (Å²) < 4.78 is 21.4. The average molecular weight is 314 g/mol. The fourth-order valence-corrected chi connectivity index (χ4v) is 2.85. The van der Waals surface area contributed by atoms with Gasteiger partial charge >= 0.3 is 0 Å². The van der Waals surface area contributed by atoms with Gasteiger partial charge in [0.25, 0.3) is 0 Å². The Bertz CT molecular complexity index is 613. The number of hydrogen-bond acceptors (Lipinski definition) is 3. The van der Waals surface area contributed by atoms with E-state index >= 15 is 0 Å². The summed E-state index contributed by atoms with van der Waals surface area (Å²) in [6.45, 7) is 2.73. The van der Waals surface area contributed by atoms with Crippen LogP contribution in [0, 0.1) is 5.82 Å². The Hall–Kier alpha value is -1.14. The number of fused-ring (bicyclic) bond motifs is 1. The van der Waals surface area contributed by atoms with Gasteiger partial charge in [-0.25, -0.2) is 9.37 Å². The molecule has 0 spiro atoms. The van der Waals surface area contributed by atoms with Crippen LogP contribution in [0.1, 0.15) is 19.4 Å². The van der Waals surface area contributed by atoms with Crippen molar-refractivity contribution < 1.29 is 9.13 Å². The Balaban J connectivity index is 2.22. The van der Waals surface area contributed by atoms with Crippen molar-refractivity contribution in [1.82, 2.24) is 9.55 Å². The van der Waals surface area contributed by atoms with Gasteiger partial charge in [-0.15, -0.1) is 0 Å². The molecular weight excluding hydrogens is 301 g/mol. The fraction of sp³-hybridized carbons (Fsp3) is 0.417. The first kappa shape index (κ1) is 11.9. The Morgan fingerprint density at radius 2 is 2.33 bits per heavy atom. The molecule has 2 N–H and O–H groups in total. The van der Waals surface area contributed by atoms with E-state index in [2.05, 4.69) is 20.9 Å². The van der Waals surface area contributed by atoms with Gasteiger partial charge in [0.05, 0.1) is 27.7 Å². The lowest BCUT2D eigenvalue weighted by molar-refractivity contribution is 0.109. The van der Waals surface area contributed by atoms with Crippen molar-refractivity contribution in [1.29, 1.82) is 0 Å². The molecule has 3 rings (SSSR count). The molecule has 0 radical (unpaired) electrons. The van der Waals surface area contributed by atoms with E-state index in [1.807, 2.05) is 11.5 Å². The molecule has 6 heteroatoms. The van der Waals surface area contributed by atoms with Crippen molar-refractivity contribution in [2.45, 2.75) is 25.5 Å². The van der Waals surface area contributed by atoms with Gasteiger partial charge in [-0.2, -0.15) is 0 Å². The molecule has 1 aliphatic rings. The SMILES string of the molecule is CC1OCCC1n1c(N)nc2cc(F)c(Br)cc21. The highest BCUT2D eigenvalue weighted by atomic mass is 79.9. The second-order valence-corrected chi connectivity index (χ2v) is 5.38. The number of aromatic nitrogens is 2. The van der Waals surface area contributed by atoms with E-state index < -0.39 is 0 Å².